The van der Waals surface area contributed by atoms with Crippen LogP contribution in [0.15, 0.2) is 71.5 Å². The number of carbonyl (C=O) groups excluding carboxylic acids is 1. The van der Waals surface area contributed by atoms with Crippen LogP contribution in [0.1, 0.15) is 16.1 Å². The predicted octanol–water partition coefficient (Wildman–Crippen LogP) is 2.39. The number of anilines is 1. The molecular formula is C22H21FN4O2. The third-order valence-corrected chi connectivity index (χ3v) is 5.02. The number of hydrogen-bond donors (Lipinski definition) is 0. The summed E-state index contributed by atoms with van der Waals surface area (Å²) in [6.07, 6.45) is 0. The Bertz CT molecular complexity index is 1040. The summed E-state index contributed by atoms with van der Waals surface area (Å²) in [6.45, 7) is 2.70. The number of amides is 1. The molecule has 148 valence electrons. The van der Waals surface area contributed by atoms with Crippen molar-refractivity contribution in [2.45, 2.75) is 6.54 Å². The van der Waals surface area contributed by atoms with Crippen LogP contribution in [-0.2, 0) is 6.54 Å². The zero-order valence-corrected chi connectivity index (χ0v) is 15.9. The molecule has 0 N–H and O–H groups in total. The monoisotopic (exact) mass is 392 g/mol. The highest BCUT2D eigenvalue weighted by molar-refractivity contribution is 5.92. The highest BCUT2D eigenvalue weighted by Gasteiger charge is 2.23. The van der Waals surface area contributed by atoms with E-state index in [1.807, 2.05) is 30.3 Å². The molecule has 1 aliphatic heterocycles. The van der Waals surface area contributed by atoms with Crippen LogP contribution < -0.4 is 10.5 Å². The van der Waals surface area contributed by atoms with Gasteiger partial charge in [-0.1, -0.05) is 30.3 Å². The molecule has 0 atom stereocenters. The van der Waals surface area contributed by atoms with Gasteiger partial charge in [-0.25, -0.2) is 9.07 Å². The fraction of sp³-hybridized carbons (Fsp3) is 0.227. The van der Waals surface area contributed by atoms with E-state index in [-0.39, 0.29) is 23.0 Å². The van der Waals surface area contributed by atoms with Gasteiger partial charge in [0.15, 0.2) is 0 Å². The Morgan fingerprint density at radius 3 is 2.28 bits per heavy atom. The van der Waals surface area contributed by atoms with Gasteiger partial charge in [-0.3, -0.25) is 9.59 Å². The Hall–Kier alpha value is -3.48. The Morgan fingerprint density at radius 1 is 0.897 bits per heavy atom. The predicted molar refractivity (Wildman–Crippen MR) is 109 cm³/mol. The van der Waals surface area contributed by atoms with Gasteiger partial charge in [0, 0.05) is 37.9 Å². The van der Waals surface area contributed by atoms with Crippen LogP contribution in [0.2, 0.25) is 0 Å². The van der Waals surface area contributed by atoms with Gasteiger partial charge < -0.3 is 9.80 Å². The Morgan fingerprint density at radius 2 is 1.59 bits per heavy atom. The van der Waals surface area contributed by atoms with Crippen LogP contribution in [0, 0.1) is 5.82 Å². The van der Waals surface area contributed by atoms with Crippen molar-refractivity contribution in [2.75, 3.05) is 31.1 Å². The van der Waals surface area contributed by atoms with Crippen LogP contribution in [0.3, 0.4) is 0 Å². The molecule has 4 rings (SSSR count). The number of nitrogens with zero attached hydrogens (tertiary/aromatic N) is 4. The summed E-state index contributed by atoms with van der Waals surface area (Å²) in [7, 11) is 0. The smallest absolute Gasteiger partial charge is 0.274 e. The van der Waals surface area contributed by atoms with Crippen molar-refractivity contribution < 1.29 is 9.18 Å². The van der Waals surface area contributed by atoms with E-state index >= 15 is 0 Å². The normalized spacial score (nSPS) is 14.1. The van der Waals surface area contributed by atoms with Crippen molar-refractivity contribution in [1.29, 1.82) is 0 Å². The van der Waals surface area contributed by atoms with Gasteiger partial charge >= 0.3 is 0 Å². The fourth-order valence-electron chi connectivity index (χ4n) is 3.41. The Labute approximate surface area is 167 Å². The van der Waals surface area contributed by atoms with Crippen molar-refractivity contribution >= 4 is 11.6 Å². The number of rotatable bonds is 4. The highest BCUT2D eigenvalue weighted by Crippen LogP contribution is 2.17. The summed E-state index contributed by atoms with van der Waals surface area (Å²) in [5.41, 5.74) is 1.90. The molecular weight excluding hydrogens is 371 g/mol. The quantitative estimate of drug-likeness (QED) is 0.684. The first-order valence-electron chi connectivity index (χ1n) is 9.52. The Kier molecular flexibility index (Phi) is 5.37. The van der Waals surface area contributed by atoms with Crippen molar-refractivity contribution in [3.63, 3.8) is 0 Å². The van der Waals surface area contributed by atoms with Crippen LogP contribution in [0.25, 0.3) is 0 Å². The summed E-state index contributed by atoms with van der Waals surface area (Å²) >= 11 is 0. The molecule has 0 radical (unpaired) electrons. The molecule has 1 amide bonds. The zero-order chi connectivity index (χ0) is 20.2. The molecule has 0 aliphatic carbocycles. The summed E-state index contributed by atoms with van der Waals surface area (Å²) in [4.78, 5) is 28.9. The molecule has 2 aromatic carbocycles. The summed E-state index contributed by atoms with van der Waals surface area (Å²) in [5.74, 6) is -0.454. The van der Waals surface area contributed by atoms with E-state index in [1.54, 1.807) is 17.0 Å². The van der Waals surface area contributed by atoms with Gasteiger partial charge in [-0.15, -0.1) is 0 Å². The summed E-state index contributed by atoms with van der Waals surface area (Å²) < 4.78 is 14.4. The van der Waals surface area contributed by atoms with E-state index in [1.165, 1.54) is 28.9 Å². The second-order valence-electron chi connectivity index (χ2n) is 6.96. The molecule has 1 aromatic heterocycles. The molecule has 1 aliphatic rings. The highest BCUT2D eigenvalue weighted by atomic mass is 19.1. The second-order valence-corrected chi connectivity index (χ2v) is 6.96. The van der Waals surface area contributed by atoms with E-state index < -0.39 is 0 Å². The second kappa shape index (κ2) is 8.26. The molecule has 0 saturated carbocycles. The third kappa shape index (κ3) is 4.34. The summed E-state index contributed by atoms with van der Waals surface area (Å²) in [6, 6.07) is 18.8. The van der Waals surface area contributed by atoms with E-state index in [2.05, 4.69) is 10.00 Å². The third-order valence-electron chi connectivity index (χ3n) is 5.02. The largest absolute Gasteiger partial charge is 0.368 e. The average Bonchev–Trinajstić information content (AvgIpc) is 2.76. The topological polar surface area (TPSA) is 58.4 Å². The lowest BCUT2D eigenvalue weighted by molar-refractivity contribution is 0.0738. The molecule has 0 unspecified atom stereocenters. The van der Waals surface area contributed by atoms with Gasteiger partial charge in [-0.2, -0.15) is 5.10 Å². The molecule has 1 fully saturated rings. The SMILES string of the molecule is O=C(c1ccc(=O)n(Cc2ccccc2)n1)N1CCN(c2ccc(F)cc2)CC1. The number of hydrogen-bond acceptors (Lipinski definition) is 4. The fourth-order valence-corrected chi connectivity index (χ4v) is 3.41. The molecule has 7 heteroatoms. The molecule has 3 aromatic rings. The number of piperazine rings is 1. The number of carbonyl (C=O) groups is 1. The summed E-state index contributed by atoms with van der Waals surface area (Å²) in [5, 5.41) is 4.29. The number of halogens is 1. The minimum Gasteiger partial charge on any atom is -0.368 e. The standard InChI is InChI=1S/C22H21FN4O2/c23-18-6-8-19(9-7-18)25-12-14-26(15-13-25)22(29)20-10-11-21(28)27(24-20)16-17-4-2-1-3-5-17/h1-11H,12-16H2. The van der Waals surface area contributed by atoms with E-state index in [4.69, 9.17) is 0 Å². The maximum Gasteiger partial charge on any atom is 0.274 e. The van der Waals surface area contributed by atoms with Gasteiger partial charge in [-0.05, 0) is 35.9 Å². The first-order chi connectivity index (χ1) is 14.1. The van der Waals surface area contributed by atoms with Crippen molar-refractivity contribution in [2.24, 2.45) is 0 Å². The first kappa shape index (κ1) is 18.9. The van der Waals surface area contributed by atoms with Gasteiger partial charge in [0.1, 0.15) is 11.5 Å². The number of benzene rings is 2. The average molecular weight is 392 g/mol. The van der Waals surface area contributed by atoms with Gasteiger partial charge in [0.25, 0.3) is 11.5 Å². The lowest BCUT2D eigenvalue weighted by atomic mass is 10.2. The van der Waals surface area contributed by atoms with E-state index in [0.29, 0.717) is 32.7 Å². The molecule has 6 nitrogen and oxygen atoms in total. The molecule has 2 heterocycles. The first-order valence-corrected chi connectivity index (χ1v) is 9.52. The van der Waals surface area contributed by atoms with Crippen LogP contribution in [-0.4, -0.2) is 46.8 Å². The Balaban J connectivity index is 1.44. The number of aromatic nitrogens is 2. The maximum absolute atomic E-state index is 13.1. The van der Waals surface area contributed by atoms with Gasteiger partial charge in [0.2, 0.25) is 0 Å². The minimum atomic E-state index is -0.265. The van der Waals surface area contributed by atoms with Crippen LogP contribution in [0.4, 0.5) is 10.1 Å². The van der Waals surface area contributed by atoms with E-state index in [9.17, 15) is 14.0 Å². The minimum absolute atomic E-state index is 0.189. The van der Waals surface area contributed by atoms with Crippen LogP contribution >= 0.6 is 0 Å². The maximum atomic E-state index is 13.1. The van der Waals surface area contributed by atoms with E-state index in [0.717, 1.165) is 11.3 Å². The lowest BCUT2D eigenvalue weighted by Crippen LogP contribution is -2.49. The zero-order valence-electron chi connectivity index (χ0n) is 15.9. The van der Waals surface area contributed by atoms with Crippen molar-refractivity contribution in [3.05, 3.63) is 94.2 Å². The van der Waals surface area contributed by atoms with Gasteiger partial charge in [0.05, 0.1) is 6.54 Å². The lowest BCUT2D eigenvalue weighted by Gasteiger charge is -2.36. The van der Waals surface area contributed by atoms with Crippen LogP contribution in [0.5, 0.6) is 0 Å². The van der Waals surface area contributed by atoms with Crippen molar-refractivity contribution in [3.8, 4) is 0 Å². The molecule has 29 heavy (non-hydrogen) atoms. The molecule has 0 spiro atoms. The molecule has 0 bridgehead atoms. The molecule has 1 saturated heterocycles. The van der Waals surface area contributed by atoms with Crippen molar-refractivity contribution in [1.82, 2.24) is 14.7 Å².